The predicted octanol–water partition coefficient (Wildman–Crippen LogP) is 0.691. The van der Waals surface area contributed by atoms with Crippen LogP contribution in [0.4, 0.5) is 0 Å². The Morgan fingerprint density at radius 1 is 1.58 bits per heavy atom. The summed E-state index contributed by atoms with van der Waals surface area (Å²) in [5, 5.41) is 4.96. The molecule has 2 N–H and O–H groups in total. The van der Waals surface area contributed by atoms with E-state index in [1.165, 1.54) is 6.07 Å². The summed E-state index contributed by atoms with van der Waals surface area (Å²) in [6.07, 6.45) is 1.15. The Kier molecular flexibility index (Phi) is 2.36. The SMILES string of the molecule is Cc1cc(Cl)c(S(N)(=O)=O)cn1. The number of pyridine rings is 1. The van der Waals surface area contributed by atoms with Crippen LogP contribution in [0.15, 0.2) is 17.2 Å². The smallest absolute Gasteiger partial charge is 0.241 e. The molecule has 0 radical (unpaired) electrons. The van der Waals surface area contributed by atoms with Crippen LogP contribution in [-0.4, -0.2) is 13.4 Å². The van der Waals surface area contributed by atoms with Gasteiger partial charge in [-0.1, -0.05) is 11.6 Å². The molecule has 1 heterocycles. The molecule has 12 heavy (non-hydrogen) atoms. The van der Waals surface area contributed by atoms with Gasteiger partial charge in [-0.3, -0.25) is 4.98 Å². The lowest BCUT2D eigenvalue weighted by atomic mass is 10.4. The molecule has 0 fully saturated rings. The van der Waals surface area contributed by atoms with Gasteiger partial charge in [0.05, 0.1) is 5.02 Å². The van der Waals surface area contributed by atoms with E-state index in [-0.39, 0.29) is 9.92 Å². The van der Waals surface area contributed by atoms with Gasteiger partial charge in [0.1, 0.15) is 4.90 Å². The van der Waals surface area contributed by atoms with Crippen LogP contribution in [0.3, 0.4) is 0 Å². The molecule has 0 saturated heterocycles. The highest BCUT2D eigenvalue weighted by atomic mass is 35.5. The summed E-state index contributed by atoms with van der Waals surface area (Å²) in [5.41, 5.74) is 0.646. The molecule has 0 amide bonds. The molecule has 0 aliphatic rings. The third kappa shape index (κ3) is 1.94. The summed E-state index contributed by atoms with van der Waals surface area (Å²) < 4.78 is 21.6. The Hall–Kier alpha value is -0.650. The second-order valence-corrected chi connectivity index (χ2v) is 4.24. The molecule has 1 rings (SSSR count). The lowest BCUT2D eigenvalue weighted by Crippen LogP contribution is -2.13. The van der Waals surface area contributed by atoms with E-state index in [4.69, 9.17) is 16.7 Å². The van der Waals surface area contributed by atoms with E-state index in [9.17, 15) is 8.42 Å². The second-order valence-electron chi connectivity index (χ2n) is 2.30. The molecule has 0 aliphatic heterocycles. The molecular formula is C6H7ClN2O2S. The van der Waals surface area contributed by atoms with Gasteiger partial charge in [-0.2, -0.15) is 0 Å². The molecule has 0 saturated carbocycles. The van der Waals surface area contributed by atoms with Crippen LogP contribution in [0, 0.1) is 6.92 Å². The number of nitrogens with two attached hydrogens (primary N) is 1. The fraction of sp³-hybridized carbons (Fsp3) is 0.167. The van der Waals surface area contributed by atoms with Gasteiger partial charge in [-0.05, 0) is 13.0 Å². The van der Waals surface area contributed by atoms with Gasteiger partial charge in [0, 0.05) is 11.9 Å². The standard InChI is InChI=1S/C6H7ClN2O2S/c1-4-2-5(7)6(3-9-4)12(8,10)11/h2-3H,1H3,(H2,8,10,11). The second kappa shape index (κ2) is 3.01. The minimum atomic E-state index is -3.74. The highest BCUT2D eigenvalue weighted by molar-refractivity contribution is 7.89. The number of nitrogens with zero attached hydrogens (tertiary/aromatic N) is 1. The number of hydrogen-bond acceptors (Lipinski definition) is 3. The average molecular weight is 207 g/mol. The first kappa shape index (κ1) is 9.44. The zero-order chi connectivity index (χ0) is 9.35. The van der Waals surface area contributed by atoms with E-state index < -0.39 is 10.0 Å². The normalized spacial score (nSPS) is 11.6. The van der Waals surface area contributed by atoms with E-state index >= 15 is 0 Å². The molecule has 0 unspecified atom stereocenters. The highest BCUT2D eigenvalue weighted by Crippen LogP contribution is 2.18. The maximum absolute atomic E-state index is 10.8. The molecule has 0 atom stereocenters. The van der Waals surface area contributed by atoms with Crippen LogP contribution < -0.4 is 5.14 Å². The molecule has 0 bridgehead atoms. The maximum atomic E-state index is 10.8. The highest BCUT2D eigenvalue weighted by Gasteiger charge is 2.12. The zero-order valence-electron chi connectivity index (χ0n) is 6.28. The molecule has 4 nitrogen and oxygen atoms in total. The summed E-state index contributed by atoms with van der Waals surface area (Å²) in [5.74, 6) is 0. The molecule has 0 aromatic carbocycles. The lowest BCUT2D eigenvalue weighted by molar-refractivity contribution is 0.597. The van der Waals surface area contributed by atoms with E-state index in [0.29, 0.717) is 5.69 Å². The Balaban J connectivity index is 3.39. The maximum Gasteiger partial charge on any atom is 0.241 e. The van der Waals surface area contributed by atoms with Crippen LogP contribution >= 0.6 is 11.6 Å². The van der Waals surface area contributed by atoms with Gasteiger partial charge in [0.2, 0.25) is 10.0 Å². The van der Waals surface area contributed by atoms with Crippen molar-refractivity contribution in [3.05, 3.63) is 23.0 Å². The average Bonchev–Trinajstić information content (AvgIpc) is 1.83. The first-order chi connectivity index (χ1) is 5.41. The molecule has 1 aromatic rings. The van der Waals surface area contributed by atoms with Crippen molar-refractivity contribution in [2.75, 3.05) is 0 Å². The third-order valence-electron chi connectivity index (χ3n) is 1.26. The van der Waals surface area contributed by atoms with E-state index in [2.05, 4.69) is 4.98 Å². The fourth-order valence-corrected chi connectivity index (χ4v) is 1.78. The zero-order valence-corrected chi connectivity index (χ0v) is 7.85. The quantitative estimate of drug-likeness (QED) is 0.735. The molecule has 1 aromatic heterocycles. The number of aromatic nitrogens is 1. The van der Waals surface area contributed by atoms with Gasteiger partial charge in [0.15, 0.2) is 0 Å². The van der Waals surface area contributed by atoms with Crippen molar-refractivity contribution in [3.63, 3.8) is 0 Å². The summed E-state index contributed by atoms with van der Waals surface area (Å²) in [6.45, 7) is 1.71. The van der Waals surface area contributed by atoms with Crippen molar-refractivity contribution in [2.45, 2.75) is 11.8 Å². The Morgan fingerprint density at radius 3 is 2.58 bits per heavy atom. The van der Waals surface area contributed by atoms with Crippen molar-refractivity contribution >= 4 is 21.6 Å². The summed E-state index contributed by atoms with van der Waals surface area (Å²) >= 11 is 5.61. The van der Waals surface area contributed by atoms with Gasteiger partial charge < -0.3 is 0 Å². The number of rotatable bonds is 1. The van der Waals surface area contributed by atoms with E-state index in [1.54, 1.807) is 6.92 Å². The molecule has 0 aliphatic carbocycles. The van der Waals surface area contributed by atoms with Gasteiger partial charge in [0.25, 0.3) is 0 Å². The summed E-state index contributed by atoms with van der Waals surface area (Å²) in [4.78, 5) is 3.62. The van der Waals surface area contributed by atoms with Crippen molar-refractivity contribution in [1.29, 1.82) is 0 Å². The Labute approximate surface area is 75.4 Å². The largest absolute Gasteiger partial charge is 0.260 e. The number of aryl methyl sites for hydroxylation is 1. The summed E-state index contributed by atoms with van der Waals surface area (Å²) in [7, 11) is -3.74. The summed E-state index contributed by atoms with van der Waals surface area (Å²) in [6, 6.07) is 1.45. The van der Waals surface area contributed by atoms with Crippen molar-refractivity contribution in [3.8, 4) is 0 Å². The lowest BCUT2D eigenvalue weighted by Gasteiger charge is -2.00. The first-order valence-corrected chi connectivity index (χ1v) is 4.98. The van der Waals surface area contributed by atoms with Crippen molar-refractivity contribution in [1.82, 2.24) is 4.98 Å². The van der Waals surface area contributed by atoms with Crippen LogP contribution in [0.25, 0.3) is 0 Å². The molecular weight excluding hydrogens is 200 g/mol. The van der Waals surface area contributed by atoms with Crippen LogP contribution in [0.2, 0.25) is 5.02 Å². The number of hydrogen-bond donors (Lipinski definition) is 1. The van der Waals surface area contributed by atoms with Gasteiger partial charge >= 0.3 is 0 Å². The van der Waals surface area contributed by atoms with Gasteiger partial charge in [-0.15, -0.1) is 0 Å². The van der Waals surface area contributed by atoms with Crippen LogP contribution in [-0.2, 0) is 10.0 Å². The van der Waals surface area contributed by atoms with E-state index in [1.807, 2.05) is 0 Å². The monoisotopic (exact) mass is 206 g/mol. The molecule has 66 valence electrons. The van der Waals surface area contributed by atoms with Crippen molar-refractivity contribution in [2.24, 2.45) is 5.14 Å². The first-order valence-electron chi connectivity index (χ1n) is 3.06. The Morgan fingerprint density at radius 2 is 2.17 bits per heavy atom. The third-order valence-corrected chi connectivity index (χ3v) is 2.63. The molecule has 0 spiro atoms. The Bertz CT molecular complexity index is 402. The fourth-order valence-electron chi connectivity index (χ4n) is 0.723. The minimum Gasteiger partial charge on any atom is -0.260 e. The molecule has 6 heteroatoms. The topological polar surface area (TPSA) is 73.1 Å². The van der Waals surface area contributed by atoms with Crippen LogP contribution in [0.1, 0.15) is 5.69 Å². The minimum absolute atomic E-state index is 0.102. The van der Waals surface area contributed by atoms with Gasteiger partial charge in [-0.25, -0.2) is 13.6 Å². The van der Waals surface area contributed by atoms with Crippen LogP contribution in [0.5, 0.6) is 0 Å². The van der Waals surface area contributed by atoms with Crippen molar-refractivity contribution < 1.29 is 8.42 Å². The number of primary sulfonamides is 1. The predicted molar refractivity (Wildman–Crippen MR) is 45.4 cm³/mol. The number of sulfonamides is 1. The number of halogens is 1. The van der Waals surface area contributed by atoms with E-state index in [0.717, 1.165) is 6.20 Å².